The summed E-state index contributed by atoms with van der Waals surface area (Å²) in [6, 6.07) is 10.7. The Morgan fingerprint density at radius 2 is 1.97 bits per heavy atom. The number of ether oxygens (including phenoxy) is 4. The van der Waals surface area contributed by atoms with Crippen molar-refractivity contribution in [3.05, 3.63) is 70.4 Å². The van der Waals surface area contributed by atoms with Gasteiger partial charge in [-0.3, -0.25) is 9.59 Å². The first-order valence-corrected chi connectivity index (χ1v) is 11.8. The molecule has 1 amide bonds. The van der Waals surface area contributed by atoms with Crippen LogP contribution in [0.15, 0.2) is 47.0 Å². The fourth-order valence-electron chi connectivity index (χ4n) is 4.10. The minimum absolute atomic E-state index is 0.105. The summed E-state index contributed by atoms with van der Waals surface area (Å²) in [7, 11) is 4.46. The van der Waals surface area contributed by atoms with Gasteiger partial charge in [-0.1, -0.05) is 23.7 Å². The number of anilines is 1. The van der Waals surface area contributed by atoms with Crippen LogP contribution in [0.5, 0.6) is 11.5 Å². The van der Waals surface area contributed by atoms with E-state index in [2.05, 4.69) is 15.0 Å². The van der Waals surface area contributed by atoms with Gasteiger partial charge < -0.3 is 28.7 Å². The predicted octanol–water partition coefficient (Wildman–Crippen LogP) is 4.51. The highest BCUT2D eigenvalue weighted by Crippen LogP contribution is 2.43. The number of amides is 1. The fourth-order valence-corrected chi connectivity index (χ4v) is 4.28. The molecule has 2 heterocycles. The first kappa shape index (κ1) is 25.5. The lowest BCUT2D eigenvalue weighted by Crippen LogP contribution is -2.31. The number of methoxy groups -OCH3 is 3. The molecule has 9 nitrogen and oxygen atoms in total. The third kappa shape index (κ3) is 5.63. The van der Waals surface area contributed by atoms with Crippen LogP contribution in [0.25, 0.3) is 0 Å². The number of halogens is 1. The number of nitrogens with one attached hydrogen (secondary N) is 1. The maximum Gasteiger partial charge on any atom is 0.305 e. The lowest BCUT2D eigenvalue weighted by atomic mass is 9.98. The molecule has 2 atom stereocenters. The Morgan fingerprint density at radius 1 is 1.14 bits per heavy atom. The number of fused-ring (bicyclic) bond motifs is 1. The number of para-hydroxylation sites is 1. The summed E-state index contributed by atoms with van der Waals surface area (Å²) in [5.41, 5.74) is 1.94. The van der Waals surface area contributed by atoms with Gasteiger partial charge in [0.15, 0.2) is 17.4 Å². The quantitative estimate of drug-likeness (QED) is 0.415. The van der Waals surface area contributed by atoms with E-state index in [0.717, 1.165) is 0 Å². The second-order valence-corrected chi connectivity index (χ2v) is 8.60. The van der Waals surface area contributed by atoms with Crippen molar-refractivity contribution in [3.8, 4) is 11.5 Å². The number of hydrogen-bond acceptors (Lipinski definition) is 8. The van der Waals surface area contributed by atoms with E-state index in [-0.39, 0.29) is 24.7 Å². The van der Waals surface area contributed by atoms with Crippen LogP contribution in [0.4, 0.5) is 5.69 Å². The number of carbonyl (C=O) groups excluding carboxylic acids is 2. The topological polar surface area (TPSA) is 109 Å². The smallest absolute Gasteiger partial charge is 0.305 e. The molecule has 0 aliphatic carbocycles. The molecule has 190 valence electrons. The molecule has 0 saturated heterocycles. The highest BCUT2D eigenvalue weighted by atomic mass is 35.5. The molecule has 0 spiro atoms. The van der Waals surface area contributed by atoms with Crippen LogP contribution in [0.1, 0.15) is 41.7 Å². The fraction of sp³-hybridized carbons (Fsp3) is 0.346. The molecular weight excluding hydrogens is 488 g/mol. The SMILES string of the molecule is COC(=O)CCCc1cnc(CC2OC(c3cccc(OC)c3OC)c3cc(Cl)ccc3NC2=O)o1. The Morgan fingerprint density at radius 3 is 2.72 bits per heavy atom. The molecule has 0 saturated carbocycles. The van der Waals surface area contributed by atoms with E-state index >= 15 is 0 Å². The number of rotatable bonds is 9. The summed E-state index contributed by atoms with van der Waals surface area (Å²) in [4.78, 5) is 28.8. The normalized spacial score (nSPS) is 17.1. The molecule has 10 heteroatoms. The lowest BCUT2D eigenvalue weighted by Gasteiger charge is -2.24. The largest absolute Gasteiger partial charge is 0.493 e. The Kier molecular flexibility index (Phi) is 8.12. The third-order valence-electron chi connectivity index (χ3n) is 5.86. The van der Waals surface area contributed by atoms with Crippen molar-refractivity contribution in [2.24, 2.45) is 0 Å². The maximum atomic E-state index is 13.2. The lowest BCUT2D eigenvalue weighted by molar-refractivity contribution is -0.140. The van der Waals surface area contributed by atoms with Crippen molar-refractivity contribution < 1.29 is 33.0 Å². The molecular formula is C26H27ClN2O7. The van der Waals surface area contributed by atoms with Crippen molar-refractivity contribution in [2.45, 2.75) is 37.9 Å². The number of benzene rings is 2. The zero-order chi connectivity index (χ0) is 25.7. The second kappa shape index (κ2) is 11.5. The molecule has 2 aromatic carbocycles. The summed E-state index contributed by atoms with van der Waals surface area (Å²) >= 11 is 6.31. The number of hydrogen-bond donors (Lipinski definition) is 1. The molecule has 2 unspecified atom stereocenters. The van der Waals surface area contributed by atoms with Crippen LogP contribution in [-0.2, 0) is 31.9 Å². The molecule has 0 fully saturated rings. The summed E-state index contributed by atoms with van der Waals surface area (Å²) in [5.74, 6) is 1.37. The maximum absolute atomic E-state index is 13.2. The highest BCUT2D eigenvalue weighted by Gasteiger charge is 2.35. The van der Waals surface area contributed by atoms with E-state index in [1.54, 1.807) is 44.7 Å². The van der Waals surface area contributed by atoms with Crippen molar-refractivity contribution in [3.63, 3.8) is 0 Å². The summed E-state index contributed by atoms with van der Waals surface area (Å²) in [6.07, 6.45) is 1.46. The second-order valence-electron chi connectivity index (χ2n) is 8.16. The minimum atomic E-state index is -0.918. The first-order chi connectivity index (χ1) is 17.4. The van der Waals surface area contributed by atoms with Crippen LogP contribution in [0.2, 0.25) is 5.02 Å². The Bertz CT molecular complexity index is 1240. The van der Waals surface area contributed by atoms with E-state index in [1.165, 1.54) is 7.11 Å². The number of carbonyl (C=O) groups is 2. The molecule has 0 radical (unpaired) electrons. The zero-order valence-corrected chi connectivity index (χ0v) is 21.0. The first-order valence-electron chi connectivity index (χ1n) is 11.4. The van der Waals surface area contributed by atoms with Crippen molar-refractivity contribution >= 4 is 29.2 Å². The number of aryl methyl sites for hydroxylation is 1. The molecule has 3 aromatic rings. The van der Waals surface area contributed by atoms with E-state index in [4.69, 9.17) is 30.2 Å². The van der Waals surface area contributed by atoms with E-state index in [0.29, 0.717) is 57.8 Å². The molecule has 4 rings (SSSR count). The molecule has 36 heavy (non-hydrogen) atoms. The van der Waals surface area contributed by atoms with Crippen molar-refractivity contribution in [2.75, 3.05) is 26.6 Å². The average Bonchev–Trinajstić information content (AvgIpc) is 3.28. The third-order valence-corrected chi connectivity index (χ3v) is 6.09. The van der Waals surface area contributed by atoms with Gasteiger partial charge in [-0.15, -0.1) is 0 Å². The molecule has 1 aromatic heterocycles. The van der Waals surface area contributed by atoms with E-state index < -0.39 is 12.2 Å². The number of aromatic nitrogens is 1. The Balaban J connectivity index is 1.62. The standard InChI is InChI=1S/C26H27ClN2O7/c1-32-20-8-5-7-17(25(20)34-3)24-18-12-15(27)10-11-19(18)29-26(31)21(36-24)13-22-28-14-16(35-22)6-4-9-23(30)33-2/h5,7-8,10-12,14,21,24H,4,6,9,13H2,1-3H3,(H,29,31). The van der Waals surface area contributed by atoms with Crippen LogP contribution in [-0.4, -0.2) is 44.3 Å². The van der Waals surface area contributed by atoms with E-state index in [9.17, 15) is 9.59 Å². The van der Waals surface area contributed by atoms with Gasteiger partial charge in [0.1, 0.15) is 18.0 Å². The van der Waals surface area contributed by atoms with Gasteiger partial charge in [-0.25, -0.2) is 4.98 Å². The Labute approximate surface area is 213 Å². The number of oxazole rings is 1. The van der Waals surface area contributed by atoms with E-state index in [1.807, 2.05) is 12.1 Å². The van der Waals surface area contributed by atoms with Crippen LogP contribution >= 0.6 is 11.6 Å². The molecule has 0 bridgehead atoms. The van der Waals surface area contributed by atoms with Gasteiger partial charge in [-0.2, -0.15) is 0 Å². The minimum Gasteiger partial charge on any atom is -0.493 e. The summed E-state index contributed by atoms with van der Waals surface area (Å²) in [6.45, 7) is 0. The average molecular weight is 515 g/mol. The Hall–Kier alpha value is -3.56. The highest BCUT2D eigenvalue weighted by molar-refractivity contribution is 6.30. The molecule has 1 aliphatic rings. The van der Waals surface area contributed by atoms with Gasteiger partial charge in [0, 0.05) is 34.7 Å². The molecule has 1 N–H and O–H groups in total. The monoisotopic (exact) mass is 514 g/mol. The van der Waals surface area contributed by atoms with Gasteiger partial charge in [0.05, 0.1) is 33.9 Å². The van der Waals surface area contributed by atoms with Gasteiger partial charge in [-0.05, 0) is 30.7 Å². The van der Waals surface area contributed by atoms with Crippen molar-refractivity contribution in [1.29, 1.82) is 0 Å². The van der Waals surface area contributed by atoms with Crippen LogP contribution < -0.4 is 14.8 Å². The van der Waals surface area contributed by atoms with Gasteiger partial charge in [0.2, 0.25) is 0 Å². The predicted molar refractivity (Wildman–Crippen MR) is 132 cm³/mol. The summed E-state index contributed by atoms with van der Waals surface area (Å²) in [5, 5.41) is 3.43. The zero-order valence-electron chi connectivity index (χ0n) is 20.2. The van der Waals surface area contributed by atoms with Gasteiger partial charge >= 0.3 is 5.97 Å². The van der Waals surface area contributed by atoms with Gasteiger partial charge in [0.25, 0.3) is 5.91 Å². The van der Waals surface area contributed by atoms with Crippen LogP contribution in [0, 0.1) is 0 Å². The number of esters is 1. The molecule has 1 aliphatic heterocycles. The van der Waals surface area contributed by atoms with Crippen molar-refractivity contribution in [1.82, 2.24) is 4.98 Å². The summed E-state index contributed by atoms with van der Waals surface area (Å²) < 4.78 is 28.0. The van der Waals surface area contributed by atoms with Crippen LogP contribution in [0.3, 0.4) is 0 Å². The number of nitrogens with zero attached hydrogens (tertiary/aromatic N) is 1.